The molecule has 0 saturated carbocycles. The molecule has 0 radical (unpaired) electrons. The Kier molecular flexibility index (Phi) is 6.23. The first-order valence-electron chi connectivity index (χ1n) is 5.80. The Morgan fingerprint density at radius 1 is 1.25 bits per heavy atom. The number of rotatable bonds is 8. The second kappa shape index (κ2) is 7.19. The van der Waals surface area contributed by atoms with Crippen LogP contribution >= 0.6 is 0 Å². The Morgan fingerprint density at radius 2 is 1.88 bits per heavy atom. The Balaban J connectivity index is 2.56. The first kappa shape index (κ1) is 13.9. The number of nitrogens with zero attached hydrogens (tertiary/aromatic N) is 1. The van der Waals surface area contributed by atoms with E-state index < -0.39 is 0 Å². The van der Waals surface area contributed by atoms with Crippen molar-refractivity contribution in [3.63, 3.8) is 0 Å². The number of nitrogens with two attached hydrogens (primary N) is 1. The normalized spacial score (nSPS) is 25.5. The van der Waals surface area contributed by atoms with Crippen LogP contribution in [-0.2, 0) is 14.2 Å². The molecule has 5 heteroatoms. The molecule has 0 aliphatic carbocycles. The van der Waals surface area contributed by atoms with E-state index in [9.17, 15) is 0 Å². The van der Waals surface area contributed by atoms with Crippen LogP contribution < -0.4 is 5.73 Å². The largest absolute Gasteiger partial charge is 0.383 e. The van der Waals surface area contributed by atoms with Crippen LogP contribution in [0.25, 0.3) is 0 Å². The van der Waals surface area contributed by atoms with Gasteiger partial charge in [0.2, 0.25) is 0 Å². The highest BCUT2D eigenvalue weighted by atomic mass is 16.5. The highest BCUT2D eigenvalue weighted by Gasteiger charge is 2.38. The Hall–Kier alpha value is -0.200. The lowest BCUT2D eigenvalue weighted by Crippen LogP contribution is -2.56. The molecule has 0 aromatic carbocycles. The molecule has 5 nitrogen and oxygen atoms in total. The molecule has 1 atom stereocenters. The second-order valence-electron chi connectivity index (χ2n) is 4.20. The highest BCUT2D eigenvalue weighted by Crippen LogP contribution is 2.24. The Labute approximate surface area is 97.8 Å². The fourth-order valence-electron chi connectivity index (χ4n) is 2.13. The van der Waals surface area contributed by atoms with Crippen LogP contribution in [0.15, 0.2) is 0 Å². The predicted octanol–water partition coefficient (Wildman–Crippen LogP) is -0.301. The molecule has 0 aromatic rings. The number of hydrogen-bond acceptors (Lipinski definition) is 5. The first-order chi connectivity index (χ1) is 7.79. The standard InChI is InChI=1S/C11H24N2O3/c1-14-7-4-13(5-8-15-2)11(9-12)3-6-16-10-11/h3-10,12H2,1-2H3. The lowest BCUT2D eigenvalue weighted by Gasteiger charge is -2.39. The molecule has 1 heterocycles. The molecule has 1 fully saturated rings. The van der Waals surface area contributed by atoms with Gasteiger partial charge < -0.3 is 19.9 Å². The fraction of sp³-hybridized carbons (Fsp3) is 1.00. The van der Waals surface area contributed by atoms with Gasteiger partial charge in [-0.2, -0.15) is 0 Å². The quantitative estimate of drug-likeness (QED) is 0.622. The van der Waals surface area contributed by atoms with E-state index in [2.05, 4.69) is 4.90 Å². The third-order valence-corrected chi connectivity index (χ3v) is 3.26. The molecule has 1 aliphatic heterocycles. The van der Waals surface area contributed by atoms with Crippen molar-refractivity contribution in [3.05, 3.63) is 0 Å². The van der Waals surface area contributed by atoms with Gasteiger partial charge in [0.15, 0.2) is 0 Å². The molecule has 1 rings (SSSR count). The highest BCUT2D eigenvalue weighted by molar-refractivity contribution is 4.95. The smallest absolute Gasteiger partial charge is 0.0663 e. The summed E-state index contributed by atoms with van der Waals surface area (Å²) in [5.74, 6) is 0. The molecular weight excluding hydrogens is 208 g/mol. The van der Waals surface area contributed by atoms with Gasteiger partial charge in [-0.25, -0.2) is 0 Å². The van der Waals surface area contributed by atoms with E-state index >= 15 is 0 Å². The van der Waals surface area contributed by atoms with Gasteiger partial charge in [0, 0.05) is 40.5 Å². The molecule has 0 aromatic heterocycles. The lowest BCUT2D eigenvalue weighted by atomic mass is 9.96. The van der Waals surface area contributed by atoms with Crippen molar-refractivity contribution in [1.29, 1.82) is 0 Å². The maximum absolute atomic E-state index is 5.91. The summed E-state index contributed by atoms with van der Waals surface area (Å²) in [5.41, 5.74) is 5.89. The number of methoxy groups -OCH3 is 2. The summed E-state index contributed by atoms with van der Waals surface area (Å²) in [6, 6.07) is 0. The van der Waals surface area contributed by atoms with E-state index in [4.69, 9.17) is 19.9 Å². The van der Waals surface area contributed by atoms with E-state index in [1.807, 2.05) is 0 Å². The summed E-state index contributed by atoms with van der Waals surface area (Å²) in [6.07, 6.45) is 0.997. The first-order valence-corrected chi connectivity index (χ1v) is 5.80. The Bertz CT molecular complexity index is 176. The van der Waals surface area contributed by atoms with Gasteiger partial charge in [0.1, 0.15) is 0 Å². The summed E-state index contributed by atoms with van der Waals surface area (Å²) in [5, 5.41) is 0. The van der Waals surface area contributed by atoms with Gasteiger partial charge in [-0.3, -0.25) is 4.90 Å². The third kappa shape index (κ3) is 3.40. The van der Waals surface area contributed by atoms with E-state index in [-0.39, 0.29) is 5.54 Å². The molecule has 0 spiro atoms. The molecule has 2 N–H and O–H groups in total. The van der Waals surface area contributed by atoms with E-state index in [0.717, 1.165) is 32.7 Å². The van der Waals surface area contributed by atoms with Crippen molar-refractivity contribution in [2.24, 2.45) is 5.73 Å². The van der Waals surface area contributed by atoms with Crippen LogP contribution in [0.1, 0.15) is 6.42 Å². The van der Waals surface area contributed by atoms with Gasteiger partial charge in [-0.05, 0) is 6.42 Å². The molecule has 1 aliphatic rings. The molecule has 1 saturated heterocycles. The van der Waals surface area contributed by atoms with Crippen LogP contribution in [-0.4, -0.2) is 70.7 Å². The van der Waals surface area contributed by atoms with E-state index in [1.165, 1.54) is 0 Å². The summed E-state index contributed by atoms with van der Waals surface area (Å²) < 4.78 is 15.8. The molecule has 1 unspecified atom stereocenters. The summed E-state index contributed by atoms with van der Waals surface area (Å²) in [6.45, 7) is 5.32. The maximum atomic E-state index is 5.91. The van der Waals surface area contributed by atoms with Crippen LogP contribution in [0.4, 0.5) is 0 Å². The average Bonchev–Trinajstić information content (AvgIpc) is 2.79. The van der Waals surface area contributed by atoms with Crippen molar-refractivity contribution < 1.29 is 14.2 Å². The minimum absolute atomic E-state index is 0.0168. The van der Waals surface area contributed by atoms with Gasteiger partial charge >= 0.3 is 0 Å². The van der Waals surface area contributed by atoms with Gasteiger partial charge in [0.25, 0.3) is 0 Å². The molecule has 16 heavy (non-hydrogen) atoms. The minimum atomic E-state index is -0.0168. The van der Waals surface area contributed by atoms with Crippen LogP contribution in [0.3, 0.4) is 0 Å². The van der Waals surface area contributed by atoms with Gasteiger partial charge in [0.05, 0.1) is 25.4 Å². The van der Waals surface area contributed by atoms with Gasteiger partial charge in [-0.15, -0.1) is 0 Å². The van der Waals surface area contributed by atoms with E-state index in [1.54, 1.807) is 14.2 Å². The zero-order valence-electron chi connectivity index (χ0n) is 10.4. The number of hydrogen-bond donors (Lipinski definition) is 1. The number of ether oxygens (including phenoxy) is 3. The van der Waals surface area contributed by atoms with Crippen molar-refractivity contribution in [3.8, 4) is 0 Å². The maximum Gasteiger partial charge on any atom is 0.0663 e. The summed E-state index contributed by atoms with van der Waals surface area (Å²) in [7, 11) is 3.43. The van der Waals surface area contributed by atoms with Crippen molar-refractivity contribution >= 4 is 0 Å². The molecule has 0 bridgehead atoms. The summed E-state index contributed by atoms with van der Waals surface area (Å²) >= 11 is 0. The second-order valence-corrected chi connectivity index (χ2v) is 4.20. The Morgan fingerprint density at radius 3 is 2.25 bits per heavy atom. The van der Waals surface area contributed by atoms with E-state index in [0.29, 0.717) is 19.8 Å². The van der Waals surface area contributed by atoms with Gasteiger partial charge in [-0.1, -0.05) is 0 Å². The molecular formula is C11H24N2O3. The predicted molar refractivity (Wildman–Crippen MR) is 62.5 cm³/mol. The van der Waals surface area contributed by atoms with Crippen LogP contribution in [0.2, 0.25) is 0 Å². The van der Waals surface area contributed by atoms with Crippen molar-refractivity contribution in [1.82, 2.24) is 4.90 Å². The zero-order valence-corrected chi connectivity index (χ0v) is 10.4. The molecule has 96 valence electrons. The fourth-order valence-corrected chi connectivity index (χ4v) is 2.13. The van der Waals surface area contributed by atoms with Crippen molar-refractivity contribution in [2.45, 2.75) is 12.0 Å². The average molecular weight is 232 g/mol. The topological polar surface area (TPSA) is 57.0 Å². The third-order valence-electron chi connectivity index (χ3n) is 3.26. The zero-order chi connectivity index (χ0) is 11.9. The summed E-state index contributed by atoms with van der Waals surface area (Å²) in [4.78, 5) is 2.34. The lowest BCUT2D eigenvalue weighted by molar-refractivity contribution is 0.0288. The monoisotopic (exact) mass is 232 g/mol. The minimum Gasteiger partial charge on any atom is -0.383 e. The van der Waals surface area contributed by atoms with Crippen LogP contribution in [0, 0.1) is 0 Å². The SMILES string of the molecule is COCCN(CCOC)C1(CN)CCOC1. The molecule has 0 amide bonds. The van der Waals surface area contributed by atoms with Crippen LogP contribution in [0.5, 0.6) is 0 Å². The van der Waals surface area contributed by atoms with Crippen molar-refractivity contribution in [2.75, 3.05) is 60.3 Å².